The van der Waals surface area contributed by atoms with Crippen molar-refractivity contribution in [3.63, 3.8) is 0 Å². The Balaban J connectivity index is 1.36. The fraction of sp³-hybridized carbons (Fsp3) is 0.250. The summed E-state index contributed by atoms with van der Waals surface area (Å²) < 4.78 is 11.7. The van der Waals surface area contributed by atoms with E-state index < -0.39 is 24.6 Å². The summed E-state index contributed by atoms with van der Waals surface area (Å²) in [6, 6.07) is 16.1. The summed E-state index contributed by atoms with van der Waals surface area (Å²) in [5.41, 5.74) is 4.79. The van der Waals surface area contributed by atoms with Crippen LogP contribution in [0.2, 0.25) is 0 Å². The minimum Gasteiger partial charge on any atom is -0.480 e. The van der Waals surface area contributed by atoms with Crippen molar-refractivity contribution >= 4 is 23.7 Å². The van der Waals surface area contributed by atoms with Gasteiger partial charge in [0.15, 0.2) is 0 Å². The predicted octanol–water partition coefficient (Wildman–Crippen LogP) is 2.61. The van der Waals surface area contributed by atoms with Crippen LogP contribution >= 0.6 is 0 Å². The van der Waals surface area contributed by atoms with Gasteiger partial charge in [-0.1, -0.05) is 48.5 Å². The molecule has 4 rings (SSSR count). The lowest BCUT2D eigenvalue weighted by molar-refractivity contribution is -0.142. The number of hydrogen-bond acceptors (Lipinski definition) is 6. The number of carboxylic acid groups (broad SMARTS) is 1. The molecule has 1 aliphatic carbocycles. The summed E-state index contributed by atoms with van der Waals surface area (Å²) >= 11 is 0. The number of hydrogen-bond donors (Lipinski definition) is 3. The number of nitrogens with one attached hydrogen (secondary N) is 2. The lowest BCUT2D eigenvalue weighted by Crippen LogP contribution is -2.30. The number of carbonyl (C=O) groups excluding carboxylic acids is 2. The van der Waals surface area contributed by atoms with E-state index in [1.165, 1.54) is 10.9 Å². The maximum Gasteiger partial charge on any atom is 0.411 e. The predicted molar refractivity (Wildman–Crippen MR) is 123 cm³/mol. The average Bonchev–Trinajstić information content (AvgIpc) is 3.34. The van der Waals surface area contributed by atoms with Crippen molar-refractivity contribution in [3.05, 3.63) is 71.5 Å². The number of aromatic nitrogens is 2. The third-order valence-corrected chi connectivity index (χ3v) is 5.49. The highest BCUT2D eigenvalue weighted by Crippen LogP contribution is 2.44. The minimum atomic E-state index is -1.09. The van der Waals surface area contributed by atoms with Gasteiger partial charge in [0.2, 0.25) is 0 Å². The average molecular weight is 464 g/mol. The van der Waals surface area contributed by atoms with Crippen LogP contribution in [0.3, 0.4) is 0 Å². The first-order chi connectivity index (χ1) is 16.5. The van der Waals surface area contributed by atoms with Gasteiger partial charge in [0.05, 0.1) is 18.5 Å². The topological polar surface area (TPSA) is 132 Å². The highest BCUT2D eigenvalue weighted by molar-refractivity contribution is 6.01. The van der Waals surface area contributed by atoms with Crippen molar-refractivity contribution in [1.29, 1.82) is 0 Å². The SMILES string of the molecule is Cn1ncc(NC(=O)OCC2c3ccccc3-c3ccccc32)c1C(=O)NCCOCC(=O)O. The molecule has 176 valence electrons. The second-order valence-electron chi connectivity index (χ2n) is 7.68. The number of nitrogens with zero attached hydrogens (tertiary/aromatic N) is 2. The molecule has 1 aliphatic rings. The third-order valence-electron chi connectivity index (χ3n) is 5.49. The first-order valence-electron chi connectivity index (χ1n) is 10.7. The Morgan fingerprint density at radius 3 is 2.35 bits per heavy atom. The number of carbonyl (C=O) groups is 3. The third kappa shape index (κ3) is 4.91. The van der Waals surface area contributed by atoms with Gasteiger partial charge in [-0.05, 0) is 22.3 Å². The number of benzene rings is 2. The van der Waals surface area contributed by atoms with Gasteiger partial charge in [0.25, 0.3) is 5.91 Å². The molecule has 34 heavy (non-hydrogen) atoms. The Hall–Kier alpha value is -4.18. The zero-order valence-corrected chi connectivity index (χ0v) is 18.5. The lowest BCUT2D eigenvalue weighted by atomic mass is 9.98. The van der Waals surface area contributed by atoms with Crippen molar-refractivity contribution in [2.24, 2.45) is 7.05 Å². The van der Waals surface area contributed by atoms with Gasteiger partial charge in [0.1, 0.15) is 18.9 Å². The summed E-state index contributed by atoms with van der Waals surface area (Å²) in [5.74, 6) is -1.67. The van der Waals surface area contributed by atoms with E-state index >= 15 is 0 Å². The normalized spacial score (nSPS) is 12.0. The molecule has 10 heteroatoms. The second kappa shape index (κ2) is 10.2. The number of carboxylic acids is 1. The van der Waals surface area contributed by atoms with Crippen molar-refractivity contribution in [1.82, 2.24) is 15.1 Å². The molecule has 0 aliphatic heterocycles. The van der Waals surface area contributed by atoms with E-state index in [0.29, 0.717) is 0 Å². The summed E-state index contributed by atoms with van der Waals surface area (Å²) in [6.07, 6.45) is 0.658. The van der Waals surface area contributed by atoms with E-state index in [-0.39, 0.29) is 37.1 Å². The van der Waals surface area contributed by atoms with Crippen LogP contribution in [0.1, 0.15) is 27.5 Å². The molecule has 10 nitrogen and oxygen atoms in total. The molecule has 2 amide bonds. The Morgan fingerprint density at radius 1 is 1.06 bits per heavy atom. The first-order valence-corrected chi connectivity index (χ1v) is 10.7. The minimum absolute atomic E-state index is 0.0328. The van der Waals surface area contributed by atoms with E-state index in [0.717, 1.165) is 22.3 Å². The van der Waals surface area contributed by atoms with Gasteiger partial charge >= 0.3 is 12.1 Å². The van der Waals surface area contributed by atoms with E-state index in [2.05, 4.69) is 27.9 Å². The molecule has 0 radical (unpaired) electrons. The van der Waals surface area contributed by atoms with Crippen LogP contribution in [-0.4, -0.2) is 59.2 Å². The molecule has 0 unspecified atom stereocenters. The molecule has 2 aromatic carbocycles. The van der Waals surface area contributed by atoms with E-state index in [9.17, 15) is 14.4 Å². The highest BCUT2D eigenvalue weighted by atomic mass is 16.5. The van der Waals surface area contributed by atoms with Gasteiger partial charge in [-0.3, -0.25) is 14.8 Å². The van der Waals surface area contributed by atoms with Gasteiger partial charge in [-0.2, -0.15) is 5.10 Å². The van der Waals surface area contributed by atoms with Gasteiger partial charge in [-0.15, -0.1) is 0 Å². The Bertz CT molecular complexity index is 1180. The van der Waals surface area contributed by atoms with Crippen LogP contribution in [0.5, 0.6) is 0 Å². The largest absolute Gasteiger partial charge is 0.480 e. The fourth-order valence-electron chi connectivity index (χ4n) is 4.02. The molecule has 1 heterocycles. The van der Waals surface area contributed by atoms with Gasteiger partial charge in [-0.25, -0.2) is 9.59 Å². The zero-order chi connectivity index (χ0) is 24.1. The monoisotopic (exact) mass is 464 g/mol. The summed E-state index contributed by atoms with van der Waals surface area (Å²) in [6.45, 7) is -0.175. The van der Waals surface area contributed by atoms with E-state index in [4.69, 9.17) is 14.6 Å². The van der Waals surface area contributed by atoms with E-state index in [1.54, 1.807) is 7.05 Å². The van der Waals surface area contributed by atoms with Crippen LogP contribution in [0.15, 0.2) is 54.7 Å². The molecule has 0 atom stereocenters. The molecule has 0 saturated heterocycles. The second-order valence-corrected chi connectivity index (χ2v) is 7.68. The molecular weight excluding hydrogens is 440 g/mol. The molecule has 0 bridgehead atoms. The molecule has 1 aromatic heterocycles. The first kappa shape index (κ1) is 23.0. The molecule has 0 saturated carbocycles. The maximum absolute atomic E-state index is 12.6. The molecule has 3 N–H and O–H groups in total. The number of rotatable bonds is 9. The Kier molecular flexibility index (Phi) is 6.88. The summed E-state index contributed by atoms with van der Waals surface area (Å²) in [4.78, 5) is 35.6. The van der Waals surface area contributed by atoms with Gasteiger partial charge < -0.3 is 19.9 Å². The molecular formula is C24H24N4O6. The number of aryl methyl sites for hydroxylation is 1. The number of amides is 2. The summed E-state index contributed by atoms with van der Waals surface area (Å²) in [7, 11) is 1.57. The standard InChI is InChI=1S/C24H24N4O6/c1-28-22(23(31)25-10-11-33-14-21(29)30)20(12-26-28)27-24(32)34-13-19-17-8-4-2-6-15(17)16-7-3-5-9-18(16)19/h2-9,12,19H,10-11,13-14H2,1H3,(H,25,31)(H,27,32)(H,29,30). The summed E-state index contributed by atoms with van der Waals surface area (Å²) in [5, 5.41) is 17.8. The highest BCUT2D eigenvalue weighted by Gasteiger charge is 2.29. The van der Waals surface area contributed by atoms with Gasteiger partial charge in [0, 0.05) is 19.5 Å². The van der Waals surface area contributed by atoms with Crippen LogP contribution in [-0.2, 0) is 21.3 Å². The van der Waals surface area contributed by atoms with Crippen molar-refractivity contribution in [2.45, 2.75) is 5.92 Å². The Morgan fingerprint density at radius 2 is 1.71 bits per heavy atom. The maximum atomic E-state index is 12.6. The fourth-order valence-corrected chi connectivity index (χ4v) is 4.02. The molecule has 0 fully saturated rings. The van der Waals surface area contributed by atoms with E-state index in [1.807, 2.05) is 36.4 Å². The quantitative estimate of drug-likeness (QED) is 0.415. The number of anilines is 1. The number of fused-ring (bicyclic) bond motifs is 3. The van der Waals surface area contributed by atoms with Crippen LogP contribution in [0.4, 0.5) is 10.5 Å². The zero-order valence-electron chi connectivity index (χ0n) is 18.5. The molecule has 3 aromatic rings. The van der Waals surface area contributed by atoms with Crippen molar-refractivity contribution in [3.8, 4) is 11.1 Å². The van der Waals surface area contributed by atoms with Crippen molar-refractivity contribution in [2.75, 3.05) is 31.7 Å². The lowest BCUT2D eigenvalue weighted by Gasteiger charge is -2.14. The van der Waals surface area contributed by atoms with Crippen LogP contribution < -0.4 is 10.6 Å². The number of ether oxygens (including phenoxy) is 2. The van der Waals surface area contributed by atoms with Crippen molar-refractivity contribution < 1.29 is 29.0 Å². The smallest absolute Gasteiger partial charge is 0.411 e. The Labute approximate surface area is 195 Å². The molecule has 0 spiro atoms. The number of aliphatic carboxylic acids is 1. The van der Waals surface area contributed by atoms with Crippen LogP contribution in [0.25, 0.3) is 11.1 Å². The van der Waals surface area contributed by atoms with Crippen LogP contribution in [0, 0.1) is 0 Å².